The molecule has 0 radical (unpaired) electrons. The average Bonchev–Trinajstić information content (AvgIpc) is 2.86. The van der Waals surface area contributed by atoms with E-state index in [2.05, 4.69) is 24.2 Å². The van der Waals surface area contributed by atoms with E-state index in [-0.39, 0.29) is 0 Å². The standard InChI is InChI=1S/C18H36N2/c1-16-13-14-20(15-16)18-12-10-8-6-4-3-5-7-9-11-17(18)19-2/h16-19H,3-15H2,1-2H3. The van der Waals surface area contributed by atoms with E-state index in [9.17, 15) is 0 Å². The number of hydrogen-bond acceptors (Lipinski definition) is 2. The summed E-state index contributed by atoms with van der Waals surface area (Å²) in [4.78, 5) is 2.80. The predicted molar refractivity (Wildman–Crippen MR) is 88.2 cm³/mol. The normalized spacial score (nSPS) is 35.4. The zero-order valence-corrected chi connectivity index (χ0v) is 13.9. The highest BCUT2D eigenvalue weighted by atomic mass is 15.2. The van der Waals surface area contributed by atoms with E-state index in [0.29, 0.717) is 0 Å². The number of nitrogens with one attached hydrogen (secondary N) is 1. The number of nitrogens with zero attached hydrogens (tertiary/aromatic N) is 1. The summed E-state index contributed by atoms with van der Waals surface area (Å²) in [5.41, 5.74) is 0. The maximum atomic E-state index is 3.66. The third-order valence-corrected chi connectivity index (χ3v) is 5.52. The van der Waals surface area contributed by atoms with Crippen molar-refractivity contribution in [2.45, 2.75) is 89.6 Å². The first-order valence-electron chi connectivity index (χ1n) is 9.22. The average molecular weight is 280 g/mol. The van der Waals surface area contributed by atoms with Crippen molar-refractivity contribution in [1.82, 2.24) is 10.2 Å². The zero-order chi connectivity index (χ0) is 14.2. The highest BCUT2D eigenvalue weighted by Crippen LogP contribution is 2.25. The molecule has 1 saturated heterocycles. The Morgan fingerprint density at radius 1 is 0.800 bits per heavy atom. The summed E-state index contributed by atoms with van der Waals surface area (Å²) in [6, 6.07) is 1.52. The zero-order valence-electron chi connectivity index (χ0n) is 13.9. The van der Waals surface area contributed by atoms with Gasteiger partial charge in [0.25, 0.3) is 0 Å². The summed E-state index contributed by atoms with van der Waals surface area (Å²) in [6.07, 6.45) is 15.8. The van der Waals surface area contributed by atoms with Gasteiger partial charge in [-0.1, -0.05) is 58.3 Å². The minimum Gasteiger partial charge on any atom is -0.315 e. The molecule has 2 nitrogen and oxygen atoms in total. The van der Waals surface area contributed by atoms with Crippen LogP contribution >= 0.6 is 0 Å². The molecular weight excluding hydrogens is 244 g/mol. The Hall–Kier alpha value is -0.0800. The Morgan fingerprint density at radius 2 is 1.40 bits per heavy atom. The monoisotopic (exact) mass is 280 g/mol. The van der Waals surface area contributed by atoms with Gasteiger partial charge in [0.2, 0.25) is 0 Å². The molecule has 3 atom stereocenters. The Kier molecular flexibility index (Phi) is 7.37. The van der Waals surface area contributed by atoms with Crippen molar-refractivity contribution in [3.8, 4) is 0 Å². The summed E-state index contributed by atoms with van der Waals surface area (Å²) >= 11 is 0. The van der Waals surface area contributed by atoms with Gasteiger partial charge in [-0.05, 0) is 38.8 Å². The van der Waals surface area contributed by atoms with Gasteiger partial charge in [0.1, 0.15) is 0 Å². The van der Waals surface area contributed by atoms with Crippen LogP contribution in [0.1, 0.15) is 77.6 Å². The van der Waals surface area contributed by atoms with Crippen molar-refractivity contribution in [1.29, 1.82) is 0 Å². The Balaban J connectivity index is 1.93. The molecule has 1 saturated carbocycles. The molecule has 2 heteroatoms. The lowest BCUT2D eigenvalue weighted by molar-refractivity contribution is 0.168. The molecule has 20 heavy (non-hydrogen) atoms. The molecule has 1 heterocycles. The fourth-order valence-corrected chi connectivity index (χ4v) is 4.22. The number of hydrogen-bond donors (Lipinski definition) is 1. The van der Waals surface area contributed by atoms with Crippen LogP contribution in [-0.2, 0) is 0 Å². The quantitative estimate of drug-likeness (QED) is 0.815. The number of likely N-dealkylation sites (tertiary alicyclic amines) is 1. The Labute approximate surface area is 126 Å². The summed E-state index contributed by atoms with van der Waals surface area (Å²) in [7, 11) is 2.18. The van der Waals surface area contributed by atoms with E-state index in [1.54, 1.807) is 0 Å². The van der Waals surface area contributed by atoms with Crippen molar-refractivity contribution < 1.29 is 0 Å². The fraction of sp³-hybridized carbons (Fsp3) is 1.00. The van der Waals surface area contributed by atoms with Crippen LogP contribution in [0, 0.1) is 5.92 Å². The van der Waals surface area contributed by atoms with Crippen molar-refractivity contribution in [3.63, 3.8) is 0 Å². The lowest BCUT2D eigenvalue weighted by Crippen LogP contribution is -2.48. The van der Waals surface area contributed by atoms with Gasteiger partial charge in [0.15, 0.2) is 0 Å². The largest absolute Gasteiger partial charge is 0.315 e. The van der Waals surface area contributed by atoms with Crippen LogP contribution < -0.4 is 5.32 Å². The van der Waals surface area contributed by atoms with Gasteiger partial charge < -0.3 is 5.32 Å². The van der Waals surface area contributed by atoms with Crippen LogP contribution in [0.3, 0.4) is 0 Å². The molecule has 1 N–H and O–H groups in total. The van der Waals surface area contributed by atoms with Crippen LogP contribution in [0.2, 0.25) is 0 Å². The van der Waals surface area contributed by atoms with Gasteiger partial charge in [0, 0.05) is 18.6 Å². The van der Waals surface area contributed by atoms with E-state index >= 15 is 0 Å². The summed E-state index contributed by atoms with van der Waals surface area (Å²) in [6.45, 7) is 5.09. The van der Waals surface area contributed by atoms with Crippen molar-refractivity contribution in [2.75, 3.05) is 20.1 Å². The third kappa shape index (κ3) is 5.04. The smallest absolute Gasteiger partial charge is 0.0249 e. The molecular formula is C18H36N2. The molecule has 0 aromatic carbocycles. The maximum Gasteiger partial charge on any atom is 0.0249 e. The van der Waals surface area contributed by atoms with Crippen molar-refractivity contribution in [2.24, 2.45) is 5.92 Å². The number of likely N-dealkylation sites (N-methyl/N-ethyl adjacent to an activating group) is 1. The predicted octanol–water partition coefficient (Wildman–Crippen LogP) is 4.20. The molecule has 0 bridgehead atoms. The topological polar surface area (TPSA) is 15.3 Å². The first kappa shape index (κ1) is 16.3. The van der Waals surface area contributed by atoms with E-state index in [0.717, 1.165) is 18.0 Å². The van der Waals surface area contributed by atoms with E-state index < -0.39 is 0 Å². The minimum absolute atomic E-state index is 0.722. The van der Waals surface area contributed by atoms with Gasteiger partial charge in [-0.2, -0.15) is 0 Å². The summed E-state index contributed by atoms with van der Waals surface area (Å²) in [5.74, 6) is 0.911. The molecule has 1 aliphatic heterocycles. The van der Waals surface area contributed by atoms with Gasteiger partial charge in [-0.3, -0.25) is 4.90 Å². The lowest BCUT2D eigenvalue weighted by atomic mass is 9.93. The van der Waals surface area contributed by atoms with Gasteiger partial charge in [-0.25, -0.2) is 0 Å². The maximum absolute atomic E-state index is 3.66. The first-order chi connectivity index (χ1) is 9.81. The van der Waals surface area contributed by atoms with Crippen LogP contribution in [-0.4, -0.2) is 37.1 Å². The summed E-state index contributed by atoms with van der Waals surface area (Å²) < 4.78 is 0. The SMILES string of the molecule is CNC1CCCCCCCCCCC1N1CCC(C)C1. The second-order valence-electron chi connectivity index (χ2n) is 7.26. The van der Waals surface area contributed by atoms with E-state index in [4.69, 9.17) is 0 Å². The Morgan fingerprint density at radius 3 is 1.95 bits per heavy atom. The minimum atomic E-state index is 0.722. The van der Waals surface area contributed by atoms with Crippen molar-refractivity contribution >= 4 is 0 Å². The van der Waals surface area contributed by atoms with Gasteiger partial charge >= 0.3 is 0 Å². The number of rotatable bonds is 2. The first-order valence-corrected chi connectivity index (χ1v) is 9.22. The summed E-state index contributed by atoms with van der Waals surface area (Å²) in [5, 5.41) is 3.66. The molecule has 1 aliphatic carbocycles. The second kappa shape index (κ2) is 9.04. The van der Waals surface area contributed by atoms with E-state index in [1.807, 2.05) is 0 Å². The lowest BCUT2D eigenvalue weighted by Gasteiger charge is -2.35. The van der Waals surface area contributed by atoms with Crippen LogP contribution in [0.25, 0.3) is 0 Å². The van der Waals surface area contributed by atoms with Gasteiger partial charge in [0.05, 0.1) is 0 Å². The third-order valence-electron chi connectivity index (χ3n) is 5.52. The molecule has 3 unspecified atom stereocenters. The molecule has 2 aliphatic rings. The molecule has 2 fully saturated rings. The highest BCUT2D eigenvalue weighted by molar-refractivity contribution is 4.88. The second-order valence-corrected chi connectivity index (χ2v) is 7.26. The van der Waals surface area contributed by atoms with Gasteiger partial charge in [-0.15, -0.1) is 0 Å². The highest BCUT2D eigenvalue weighted by Gasteiger charge is 2.30. The molecule has 118 valence electrons. The molecule has 0 amide bonds. The molecule has 2 rings (SSSR count). The van der Waals surface area contributed by atoms with Crippen molar-refractivity contribution in [3.05, 3.63) is 0 Å². The fourth-order valence-electron chi connectivity index (χ4n) is 4.22. The van der Waals surface area contributed by atoms with Crippen LogP contribution in [0.4, 0.5) is 0 Å². The Bertz CT molecular complexity index is 254. The molecule has 0 aromatic rings. The van der Waals surface area contributed by atoms with Crippen LogP contribution in [0.15, 0.2) is 0 Å². The van der Waals surface area contributed by atoms with E-state index in [1.165, 1.54) is 83.7 Å². The molecule has 0 aromatic heterocycles. The van der Waals surface area contributed by atoms with Crippen LogP contribution in [0.5, 0.6) is 0 Å². The molecule has 0 spiro atoms.